The fourth-order valence-corrected chi connectivity index (χ4v) is 11.3. The van der Waals surface area contributed by atoms with Crippen LogP contribution in [0, 0.1) is 13.8 Å². The van der Waals surface area contributed by atoms with E-state index in [1.165, 1.54) is 60.5 Å². The molecule has 0 saturated heterocycles. The summed E-state index contributed by atoms with van der Waals surface area (Å²) in [7, 11) is -1.74. The summed E-state index contributed by atoms with van der Waals surface area (Å²) in [6.07, 6.45) is 2.52. The number of pyridine rings is 1. The largest absolute Gasteiger partial charge is 0.455 e. The predicted molar refractivity (Wildman–Crippen MR) is 210 cm³/mol. The summed E-state index contributed by atoms with van der Waals surface area (Å²) in [6, 6.07) is 47.1. The van der Waals surface area contributed by atoms with Crippen LogP contribution in [0.2, 0.25) is 19.6 Å². The Morgan fingerprint density at radius 1 is 0.686 bits per heavy atom. The summed E-state index contributed by atoms with van der Waals surface area (Å²) >= 11 is 0. The lowest BCUT2D eigenvalue weighted by Gasteiger charge is -2.23. The zero-order valence-corrected chi connectivity index (χ0v) is 30.5. The standard InChI is InChI=1S/C46H37N3OSi/c1-28-21-22-34-36(25-28)46(47-27-42(51(3,4)5)29(2)26-40(34)47)35-24-23-33-32-16-8-11-20-41(32)50-44(33)43(35)45-48(38-17-9-10-18-39(38)49(45)46)37-19-12-14-30-13-6-7-15-31(30)37/h6-27H,1-5H3/q+2. The summed E-state index contributed by atoms with van der Waals surface area (Å²) in [5, 5.41) is 6.20. The van der Waals surface area contributed by atoms with Crippen LogP contribution in [-0.2, 0) is 5.66 Å². The first kappa shape index (κ1) is 29.0. The van der Waals surface area contributed by atoms with E-state index in [1.807, 2.05) is 0 Å². The number of nitrogens with zero attached hydrogens (tertiary/aromatic N) is 3. The Hall–Kier alpha value is -5.78. The van der Waals surface area contributed by atoms with Crippen LogP contribution in [0.25, 0.3) is 72.1 Å². The fourth-order valence-electron chi connectivity index (χ4n) is 9.51. The van der Waals surface area contributed by atoms with Crippen molar-refractivity contribution in [3.63, 3.8) is 0 Å². The number of para-hydroxylation sites is 3. The number of furan rings is 1. The Morgan fingerprint density at radius 2 is 1.45 bits per heavy atom. The maximum Gasteiger partial charge on any atom is 0.364 e. The van der Waals surface area contributed by atoms with Gasteiger partial charge in [0.15, 0.2) is 22.8 Å². The zero-order chi connectivity index (χ0) is 34.4. The van der Waals surface area contributed by atoms with Crippen LogP contribution >= 0.6 is 0 Å². The molecule has 0 N–H and O–H groups in total. The van der Waals surface area contributed by atoms with E-state index in [9.17, 15) is 0 Å². The molecule has 5 heterocycles. The van der Waals surface area contributed by atoms with Crippen molar-refractivity contribution in [1.29, 1.82) is 0 Å². The molecule has 11 rings (SSSR count). The molecule has 1 unspecified atom stereocenters. The molecule has 6 aromatic carbocycles. The Balaban J connectivity index is 1.42. The van der Waals surface area contributed by atoms with Gasteiger partial charge in [-0.1, -0.05) is 98.0 Å². The van der Waals surface area contributed by atoms with E-state index in [1.54, 1.807) is 0 Å². The van der Waals surface area contributed by atoms with Gasteiger partial charge in [0.05, 0.1) is 24.8 Å². The second-order valence-electron chi connectivity index (χ2n) is 15.5. The summed E-state index contributed by atoms with van der Waals surface area (Å²) in [4.78, 5) is 0. The van der Waals surface area contributed by atoms with E-state index in [0.717, 1.165) is 39.0 Å². The van der Waals surface area contributed by atoms with E-state index in [0.29, 0.717) is 0 Å². The van der Waals surface area contributed by atoms with Gasteiger partial charge < -0.3 is 4.42 Å². The highest BCUT2D eigenvalue weighted by Gasteiger charge is 2.67. The molecule has 0 aliphatic carbocycles. The predicted octanol–water partition coefficient (Wildman–Crippen LogP) is 9.68. The zero-order valence-electron chi connectivity index (χ0n) is 29.5. The highest BCUT2D eigenvalue weighted by atomic mass is 28.3. The van der Waals surface area contributed by atoms with Crippen molar-refractivity contribution < 1.29 is 13.6 Å². The number of hydrogen-bond acceptors (Lipinski definition) is 1. The lowest BCUT2D eigenvalue weighted by atomic mass is 9.88. The van der Waals surface area contributed by atoms with Crippen molar-refractivity contribution in [2.24, 2.45) is 0 Å². The molecule has 244 valence electrons. The Kier molecular flexibility index (Phi) is 5.52. The monoisotopic (exact) mass is 675 g/mol. The SMILES string of the molecule is Cc1ccc2c(c1)C1(c3ccc4c(oc5ccccc54)c3-c3n(-c4cccc5ccccc45)c4ccccc4[n+]31)[n+]1cc([Si](C)(C)C)c(C)cc1-2. The van der Waals surface area contributed by atoms with E-state index >= 15 is 0 Å². The fraction of sp³-hybridized carbons (Fsp3) is 0.130. The van der Waals surface area contributed by atoms with Gasteiger partial charge in [0, 0.05) is 27.4 Å². The van der Waals surface area contributed by atoms with Gasteiger partial charge in [0.2, 0.25) is 5.69 Å². The molecule has 0 amide bonds. The molecule has 0 radical (unpaired) electrons. The average Bonchev–Trinajstić information content (AvgIpc) is 3.83. The number of fused-ring (bicyclic) bond motifs is 17. The van der Waals surface area contributed by atoms with Gasteiger partial charge in [0.25, 0.3) is 0 Å². The number of hydrogen-bond donors (Lipinski definition) is 0. The maximum atomic E-state index is 7.00. The number of rotatable bonds is 2. The molecule has 9 aromatic rings. The Bertz CT molecular complexity index is 2990. The second-order valence-corrected chi connectivity index (χ2v) is 20.6. The van der Waals surface area contributed by atoms with Crippen LogP contribution in [0.1, 0.15) is 22.3 Å². The molecule has 1 atom stereocenters. The van der Waals surface area contributed by atoms with Gasteiger partial charge in [-0.3, -0.25) is 0 Å². The summed E-state index contributed by atoms with van der Waals surface area (Å²) in [5.41, 5.74) is 13.5. The number of imidazole rings is 1. The molecule has 3 aromatic heterocycles. The summed E-state index contributed by atoms with van der Waals surface area (Å²) in [5.74, 6) is 1.13. The normalized spacial score (nSPS) is 16.0. The lowest BCUT2D eigenvalue weighted by molar-refractivity contribution is -0.944. The smallest absolute Gasteiger partial charge is 0.364 e. The van der Waals surface area contributed by atoms with Crippen LogP contribution in [0.3, 0.4) is 0 Å². The second kappa shape index (κ2) is 9.71. The first-order chi connectivity index (χ1) is 24.8. The van der Waals surface area contributed by atoms with Gasteiger partial charge in [-0.25, -0.2) is 0 Å². The van der Waals surface area contributed by atoms with Gasteiger partial charge >= 0.3 is 11.5 Å². The maximum absolute atomic E-state index is 7.00. The van der Waals surface area contributed by atoms with Gasteiger partial charge in [-0.15, -0.1) is 9.13 Å². The molecule has 51 heavy (non-hydrogen) atoms. The molecule has 4 nitrogen and oxygen atoms in total. The highest BCUT2D eigenvalue weighted by Crippen LogP contribution is 2.52. The van der Waals surface area contributed by atoms with Crippen LogP contribution in [-0.4, -0.2) is 12.6 Å². The molecular weight excluding hydrogens is 639 g/mol. The molecular formula is C46H37N3OSi+2. The van der Waals surface area contributed by atoms with Crippen molar-refractivity contribution >= 4 is 57.0 Å². The summed E-state index contributed by atoms with van der Waals surface area (Å²) in [6.45, 7) is 11.9. The van der Waals surface area contributed by atoms with Crippen molar-refractivity contribution in [3.8, 4) is 28.3 Å². The molecule has 0 bridgehead atoms. The molecule has 5 heteroatoms. The topological polar surface area (TPSA) is 25.8 Å². The first-order valence-electron chi connectivity index (χ1n) is 17.9. The van der Waals surface area contributed by atoms with E-state index in [4.69, 9.17) is 4.42 Å². The minimum Gasteiger partial charge on any atom is -0.455 e. The number of aryl methyl sites for hydroxylation is 2. The highest BCUT2D eigenvalue weighted by molar-refractivity contribution is 6.88. The van der Waals surface area contributed by atoms with E-state index in [-0.39, 0.29) is 0 Å². The van der Waals surface area contributed by atoms with Crippen molar-refractivity contribution in [2.45, 2.75) is 39.2 Å². The molecule has 0 saturated carbocycles. The van der Waals surface area contributed by atoms with Crippen molar-refractivity contribution in [3.05, 3.63) is 156 Å². The number of benzene rings is 6. The summed E-state index contributed by atoms with van der Waals surface area (Å²) < 4.78 is 14.8. The van der Waals surface area contributed by atoms with E-state index in [2.05, 4.69) is 181 Å². The quantitative estimate of drug-likeness (QED) is 0.132. The van der Waals surface area contributed by atoms with Crippen LogP contribution in [0.4, 0.5) is 0 Å². The van der Waals surface area contributed by atoms with Gasteiger partial charge in [-0.2, -0.15) is 4.57 Å². The van der Waals surface area contributed by atoms with Gasteiger partial charge in [0.1, 0.15) is 16.8 Å². The average molecular weight is 676 g/mol. The van der Waals surface area contributed by atoms with Crippen molar-refractivity contribution in [1.82, 2.24) is 4.57 Å². The Labute approximate surface area is 297 Å². The number of aromatic nitrogens is 3. The molecule has 1 spiro atoms. The third kappa shape index (κ3) is 3.54. The minimum atomic E-state index is -1.74. The Morgan fingerprint density at radius 3 is 2.31 bits per heavy atom. The van der Waals surface area contributed by atoms with Crippen molar-refractivity contribution in [2.75, 3.05) is 0 Å². The minimum absolute atomic E-state index is 0.688. The van der Waals surface area contributed by atoms with Crippen LogP contribution < -0.4 is 14.3 Å². The molecule has 0 fully saturated rings. The molecule has 2 aliphatic heterocycles. The van der Waals surface area contributed by atoms with Crippen LogP contribution in [0.5, 0.6) is 0 Å². The first-order valence-corrected chi connectivity index (χ1v) is 21.4. The van der Waals surface area contributed by atoms with Gasteiger partial charge in [-0.05, 0) is 73.3 Å². The molecule has 2 aliphatic rings. The third-order valence-corrected chi connectivity index (χ3v) is 13.7. The lowest BCUT2D eigenvalue weighted by Crippen LogP contribution is -2.72. The van der Waals surface area contributed by atoms with E-state index < -0.39 is 13.7 Å². The third-order valence-electron chi connectivity index (χ3n) is 11.5. The van der Waals surface area contributed by atoms with Crippen LogP contribution in [0.15, 0.2) is 138 Å².